The molecule has 0 fully saturated rings. The Kier molecular flexibility index (Phi) is 5.68. The van der Waals surface area contributed by atoms with Gasteiger partial charge < -0.3 is 10.1 Å². The smallest absolute Gasteiger partial charge is 0.220 e. The molecule has 0 atom stereocenters. The quantitative estimate of drug-likeness (QED) is 0.692. The predicted octanol–water partition coefficient (Wildman–Crippen LogP) is 4.49. The molecular formula is C22H23NO2. The molecule has 0 radical (unpaired) electrons. The van der Waals surface area contributed by atoms with Crippen molar-refractivity contribution in [3.63, 3.8) is 0 Å². The Morgan fingerprint density at radius 1 is 1.00 bits per heavy atom. The van der Waals surface area contributed by atoms with Crippen LogP contribution in [0.5, 0.6) is 5.75 Å². The lowest BCUT2D eigenvalue weighted by Gasteiger charge is -2.09. The van der Waals surface area contributed by atoms with Crippen molar-refractivity contribution in [2.75, 3.05) is 6.61 Å². The van der Waals surface area contributed by atoms with Crippen LogP contribution in [0, 0.1) is 0 Å². The van der Waals surface area contributed by atoms with Crippen LogP contribution in [0.25, 0.3) is 10.8 Å². The van der Waals surface area contributed by atoms with E-state index in [-0.39, 0.29) is 5.91 Å². The largest absolute Gasteiger partial charge is 0.494 e. The summed E-state index contributed by atoms with van der Waals surface area (Å²) in [5, 5.41) is 5.43. The number of amides is 1. The molecule has 128 valence electrons. The van der Waals surface area contributed by atoms with Gasteiger partial charge in [0.25, 0.3) is 0 Å². The molecule has 25 heavy (non-hydrogen) atoms. The van der Waals surface area contributed by atoms with Crippen molar-refractivity contribution in [3.8, 4) is 5.75 Å². The summed E-state index contributed by atoms with van der Waals surface area (Å²) in [7, 11) is 0. The zero-order valence-corrected chi connectivity index (χ0v) is 14.5. The first kappa shape index (κ1) is 17.0. The van der Waals surface area contributed by atoms with Crippen LogP contribution in [0.3, 0.4) is 0 Å². The Morgan fingerprint density at radius 3 is 2.68 bits per heavy atom. The molecule has 0 aliphatic rings. The molecule has 3 aromatic carbocycles. The molecule has 0 aliphatic heterocycles. The molecule has 0 unspecified atom stereocenters. The third-order valence-corrected chi connectivity index (χ3v) is 4.20. The van der Waals surface area contributed by atoms with Crippen LogP contribution >= 0.6 is 0 Å². The van der Waals surface area contributed by atoms with Crippen molar-refractivity contribution >= 4 is 16.7 Å². The second-order valence-corrected chi connectivity index (χ2v) is 6.00. The minimum atomic E-state index is 0.0646. The van der Waals surface area contributed by atoms with Crippen LogP contribution in [0.1, 0.15) is 24.5 Å². The van der Waals surface area contributed by atoms with Crippen molar-refractivity contribution in [3.05, 3.63) is 77.9 Å². The van der Waals surface area contributed by atoms with E-state index in [1.807, 2.05) is 43.3 Å². The molecule has 1 amide bonds. The lowest BCUT2D eigenvalue weighted by molar-refractivity contribution is -0.121. The molecule has 0 bridgehead atoms. The van der Waals surface area contributed by atoms with Gasteiger partial charge >= 0.3 is 0 Å². The van der Waals surface area contributed by atoms with E-state index in [4.69, 9.17) is 4.74 Å². The highest BCUT2D eigenvalue weighted by molar-refractivity contribution is 5.86. The molecule has 0 aromatic heterocycles. The van der Waals surface area contributed by atoms with Gasteiger partial charge in [0, 0.05) is 13.0 Å². The summed E-state index contributed by atoms with van der Waals surface area (Å²) in [5.74, 6) is 0.903. The Bertz CT molecular complexity index is 852. The highest BCUT2D eigenvalue weighted by Crippen LogP contribution is 2.19. The van der Waals surface area contributed by atoms with E-state index in [2.05, 4.69) is 35.6 Å². The number of hydrogen-bond acceptors (Lipinski definition) is 2. The maximum atomic E-state index is 12.2. The summed E-state index contributed by atoms with van der Waals surface area (Å²) in [5.41, 5.74) is 2.26. The van der Waals surface area contributed by atoms with Crippen LogP contribution < -0.4 is 10.1 Å². The standard InChI is InChI=1S/C22H23NO2/c1-2-25-20-11-5-7-17(15-20)16-23-22(24)14-13-19-10-6-9-18-8-3-4-12-21(18)19/h3-12,15H,2,13-14,16H2,1H3,(H,23,24). The number of hydrogen-bond donors (Lipinski definition) is 1. The van der Waals surface area contributed by atoms with Gasteiger partial charge in [-0.3, -0.25) is 4.79 Å². The zero-order chi connectivity index (χ0) is 17.5. The average molecular weight is 333 g/mol. The zero-order valence-electron chi connectivity index (χ0n) is 14.5. The predicted molar refractivity (Wildman–Crippen MR) is 102 cm³/mol. The van der Waals surface area contributed by atoms with Gasteiger partial charge in [0.05, 0.1) is 6.61 Å². The Hall–Kier alpha value is -2.81. The fourth-order valence-electron chi connectivity index (χ4n) is 2.96. The first-order chi connectivity index (χ1) is 12.3. The summed E-state index contributed by atoms with van der Waals surface area (Å²) in [6.07, 6.45) is 1.23. The fraction of sp³-hybridized carbons (Fsp3) is 0.227. The van der Waals surface area contributed by atoms with Gasteiger partial charge in [-0.2, -0.15) is 0 Å². The van der Waals surface area contributed by atoms with Crippen LogP contribution in [0.2, 0.25) is 0 Å². The number of nitrogens with one attached hydrogen (secondary N) is 1. The van der Waals surface area contributed by atoms with E-state index >= 15 is 0 Å². The normalized spacial score (nSPS) is 10.6. The SMILES string of the molecule is CCOc1cccc(CNC(=O)CCc2cccc3ccccc23)c1. The van der Waals surface area contributed by atoms with E-state index in [1.54, 1.807) is 0 Å². The topological polar surface area (TPSA) is 38.3 Å². The fourth-order valence-corrected chi connectivity index (χ4v) is 2.96. The number of rotatable bonds is 7. The molecule has 1 N–H and O–H groups in total. The lowest BCUT2D eigenvalue weighted by atomic mass is 10.0. The first-order valence-corrected chi connectivity index (χ1v) is 8.71. The molecule has 3 heteroatoms. The summed E-state index contributed by atoms with van der Waals surface area (Å²) >= 11 is 0. The van der Waals surface area contributed by atoms with Gasteiger partial charge in [0.15, 0.2) is 0 Å². The second-order valence-electron chi connectivity index (χ2n) is 6.00. The molecule has 3 aromatic rings. The molecule has 3 rings (SSSR count). The van der Waals surface area contributed by atoms with Crippen molar-refractivity contribution in [2.24, 2.45) is 0 Å². The van der Waals surface area contributed by atoms with Gasteiger partial charge in [-0.1, -0.05) is 54.6 Å². The van der Waals surface area contributed by atoms with Gasteiger partial charge in [0.1, 0.15) is 5.75 Å². The number of fused-ring (bicyclic) bond motifs is 1. The van der Waals surface area contributed by atoms with E-state index in [9.17, 15) is 4.79 Å². The molecule has 3 nitrogen and oxygen atoms in total. The molecule has 0 aliphatic carbocycles. The van der Waals surface area contributed by atoms with Crippen LogP contribution in [0.15, 0.2) is 66.7 Å². The van der Waals surface area contributed by atoms with E-state index in [0.717, 1.165) is 17.7 Å². The molecule has 0 heterocycles. The van der Waals surface area contributed by atoms with Gasteiger partial charge in [-0.25, -0.2) is 0 Å². The summed E-state index contributed by atoms with van der Waals surface area (Å²) in [4.78, 5) is 12.2. The van der Waals surface area contributed by atoms with Crippen LogP contribution in [-0.2, 0) is 17.8 Å². The highest BCUT2D eigenvalue weighted by Gasteiger charge is 2.05. The molecule has 0 saturated carbocycles. The summed E-state index contributed by atoms with van der Waals surface area (Å²) in [6, 6.07) is 22.4. The molecule has 0 saturated heterocycles. The first-order valence-electron chi connectivity index (χ1n) is 8.71. The number of carbonyl (C=O) groups excluding carboxylic acids is 1. The third kappa shape index (κ3) is 4.60. The van der Waals surface area contributed by atoms with Crippen molar-refractivity contribution in [1.29, 1.82) is 0 Å². The monoisotopic (exact) mass is 333 g/mol. The Labute approximate surface area is 148 Å². The summed E-state index contributed by atoms with van der Waals surface area (Å²) in [6.45, 7) is 3.12. The molecule has 0 spiro atoms. The van der Waals surface area contributed by atoms with Crippen molar-refractivity contribution < 1.29 is 9.53 Å². The lowest BCUT2D eigenvalue weighted by Crippen LogP contribution is -2.23. The molecular weight excluding hydrogens is 310 g/mol. The van der Waals surface area contributed by atoms with E-state index < -0.39 is 0 Å². The maximum absolute atomic E-state index is 12.2. The number of benzene rings is 3. The van der Waals surface area contributed by atoms with E-state index in [0.29, 0.717) is 19.6 Å². The Morgan fingerprint density at radius 2 is 1.80 bits per heavy atom. The average Bonchev–Trinajstić information content (AvgIpc) is 2.65. The number of aryl methyl sites for hydroxylation is 1. The van der Waals surface area contributed by atoms with Gasteiger partial charge in [-0.05, 0) is 47.4 Å². The van der Waals surface area contributed by atoms with E-state index in [1.165, 1.54) is 16.3 Å². The maximum Gasteiger partial charge on any atom is 0.220 e. The number of carbonyl (C=O) groups is 1. The van der Waals surface area contributed by atoms with Crippen molar-refractivity contribution in [1.82, 2.24) is 5.32 Å². The second kappa shape index (κ2) is 8.34. The highest BCUT2D eigenvalue weighted by atomic mass is 16.5. The van der Waals surface area contributed by atoms with Gasteiger partial charge in [0.2, 0.25) is 5.91 Å². The minimum Gasteiger partial charge on any atom is -0.494 e. The summed E-state index contributed by atoms with van der Waals surface area (Å²) < 4.78 is 5.49. The minimum absolute atomic E-state index is 0.0646. The Balaban J connectivity index is 1.55. The number of ether oxygens (including phenoxy) is 1. The van der Waals surface area contributed by atoms with Gasteiger partial charge in [-0.15, -0.1) is 0 Å². The third-order valence-electron chi connectivity index (χ3n) is 4.20. The van der Waals surface area contributed by atoms with Crippen molar-refractivity contribution in [2.45, 2.75) is 26.3 Å². The van der Waals surface area contributed by atoms with Crippen LogP contribution in [0.4, 0.5) is 0 Å². The van der Waals surface area contributed by atoms with Crippen LogP contribution in [-0.4, -0.2) is 12.5 Å².